The Hall–Kier alpha value is -2.58. The molecule has 1 aromatic heterocycles. The monoisotopic (exact) mass is 603 g/mol. The van der Waals surface area contributed by atoms with Crippen LogP contribution >= 0.6 is 0 Å². The van der Waals surface area contributed by atoms with Crippen LogP contribution in [0.1, 0.15) is 49.7 Å². The highest BCUT2D eigenvalue weighted by atomic mass is 32.2. The molecule has 3 aliphatic rings. The van der Waals surface area contributed by atoms with Crippen LogP contribution in [0.15, 0.2) is 29.3 Å². The van der Waals surface area contributed by atoms with Gasteiger partial charge in [-0.05, 0) is 94.8 Å². The smallest absolute Gasteiger partial charge is 0.382 e. The van der Waals surface area contributed by atoms with Gasteiger partial charge in [-0.15, -0.1) is 0 Å². The summed E-state index contributed by atoms with van der Waals surface area (Å²) in [7, 11) is -1.49. The molecule has 8 nitrogen and oxygen atoms in total. The third kappa shape index (κ3) is 5.87. The topological polar surface area (TPSA) is 98.7 Å². The molecule has 3 heterocycles. The molecule has 226 valence electrons. The van der Waals surface area contributed by atoms with Crippen molar-refractivity contribution >= 4 is 27.3 Å². The minimum Gasteiger partial charge on any atom is -0.382 e. The third-order valence-corrected chi connectivity index (χ3v) is 11.0. The van der Waals surface area contributed by atoms with E-state index in [1.165, 1.54) is 18.2 Å². The van der Waals surface area contributed by atoms with Gasteiger partial charge in [-0.25, -0.2) is 22.2 Å². The Kier molecular flexibility index (Phi) is 7.73. The summed E-state index contributed by atoms with van der Waals surface area (Å²) in [5, 5.41) is 12.7. The van der Waals surface area contributed by atoms with E-state index in [0.717, 1.165) is 30.8 Å². The standard InChI is InChI=1S/C27H34F5N5O3S/c1-17-12-18(41(39,40)19-13-25(14-19)7-10-36(2)11-8-25)4-5-21(17)34-24-33-15-20(27(30,31)32)22(35-24)37-9-3-6-26(38,16-37)23(28)29/h4-5,12,15,19,23,38H,3,6-11,13-14,16H2,1-2H3,(H,33,34,35). The van der Waals surface area contributed by atoms with Crippen molar-refractivity contribution in [3.8, 4) is 0 Å². The number of β-amino-alcohol motifs (C(OH)–C–C–N with tert-alkyl or cyclic N) is 1. The number of hydrogen-bond acceptors (Lipinski definition) is 8. The van der Waals surface area contributed by atoms with Gasteiger partial charge in [0.15, 0.2) is 9.84 Å². The molecule has 3 fully saturated rings. The summed E-state index contributed by atoms with van der Waals surface area (Å²) in [5.74, 6) is -0.834. The maximum absolute atomic E-state index is 13.8. The predicted octanol–water partition coefficient (Wildman–Crippen LogP) is 4.79. The molecule has 1 atom stereocenters. The quantitative estimate of drug-likeness (QED) is 0.455. The molecule has 1 aromatic carbocycles. The second kappa shape index (κ2) is 10.6. The van der Waals surface area contributed by atoms with Gasteiger partial charge in [0.2, 0.25) is 5.95 Å². The zero-order valence-corrected chi connectivity index (χ0v) is 23.7. The molecule has 41 heavy (non-hydrogen) atoms. The molecule has 14 heteroatoms. The number of aromatic nitrogens is 2. The van der Waals surface area contributed by atoms with Crippen molar-refractivity contribution in [3.05, 3.63) is 35.5 Å². The Morgan fingerprint density at radius 2 is 1.80 bits per heavy atom. The fourth-order valence-electron chi connectivity index (χ4n) is 6.19. The number of halogens is 5. The van der Waals surface area contributed by atoms with Crippen LogP contribution in [0.5, 0.6) is 0 Å². The maximum Gasteiger partial charge on any atom is 0.421 e. The van der Waals surface area contributed by atoms with Crippen molar-refractivity contribution in [2.24, 2.45) is 5.41 Å². The van der Waals surface area contributed by atoms with Crippen molar-refractivity contribution in [3.63, 3.8) is 0 Å². The number of piperidine rings is 2. The number of nitrogens with zero attached hydrogens (tertiary/aromatic N) is 4. The van der Waals surface area contributed by atoms with Crippen LogP contribution in [0.25, 0.3) is 0 Å². The third-order valence-electron chi connectivity index (χ3n) is 8.86. The molecule has 5 rings (SSSR count). The molecule has 2 saturated heterocycles. The Bertz CT molecular complexity index is 1390. The minimum atomic E-state index is -4.85. The minimum absolute atomic E-state index is 0.000694. The van der Waals surface area contributed by atoms with Gasteiger partial charge in [0.1, 0.15) is 17.0 Å². The predicted molar refractivity (Wildman–Crippen MR) is 143 cm³/mol. The summed E-state index contributed by atoms with van der Waals surface area (Å²) < 4.78 is 94.9. The van der Waals surface area contributed by atoms with Crippen LogP contribution < -0.4 is 10.2 Å². The van der Waals surface area contributed by atoms with Gasteiger partial charge in [-0.2, -0.15) is 18.2 Å². The van der Waals surface area contributed by atoms with E-state index < -0.39 is 51.2 Å². The van der Waals surface area contributed by atoms with E-state index in [2.05, 4.69) is 27.2 Å². The van der Waals surface area contributed by atoms with E-state index in [0.29, 0.717) is 30.3 Å². The summed E-state index contributed by atoms with van der Waals surface area (Å²) in [6, 6.07) is 4.50. The van der Waals surface area contributed by atoms with E-state index in [1.807, 2.05) is 0 Å². The molecule has 1 unspecified atom stereocenters. The van der Waals surface area contributed by atoms with Crippen LogP contribution in [-0.2, 0) is 16.0 Å². The molecule has 2 aromatic rings. The summed E-state index contributed by atoms with van der Waals surface area (Å²) >= 11 is 0. The molecule has 0 radical (unpaired) electrons. The van der Waals surface area contributed by atoms with Crippen LogP contribution in [0.3, 0.4) is 0 Å². The Balaban J connectivity index is 1.35. The molecule has 0 bridgehead atoms. The second-order valence-electron chi connectivity index (χ2n) is 11.8. The Morgan fingerprint density at radius 3 is 2.41 bits per heavy atom. The summed E-state index contributed by atoms with van der Waals surface area (Å²) in [5.41, 5.74) is -2.65. The van der Waals surface area contributed by atoms with Crippen LogP contribution in [0, 0.1) is 12.3 Å². The first-order valence-corrected chi connectivity index (χ1v) is 15.2. The number of rotatable bonds is 6. The van der Waals surface area contributed by atoms with Crippen molar-refractivity contribution in [1.29, 1.82) is 0 Å². The van der Waals surface area contributed by atoms with E-state index >= 15 is 0 Å². The largest absolute Gasteiger partial charge is 0.421 e. The average molecular weight is 604 g/mol. The molecular formula is C27H34F5N5O3S. The number of likely N-dealkylation sites (tertiary alicyclic amines) is 1. The maximum atomic E-state index is 13.8. The first kappa shape index (κ1) is 29.9. The van der Waals surface area contributed by atoms with E-state index in [-0.39, 0.29) is 35.6 Å². The molecule has 2 N–H and O–H groups in total. The molecule has 1 spiro atoms. The second-order valence-corrected chi connectivity index (χ2v) is 14.1. The lowest BCUT2D eigenvalue weighted by Gasteiger charge is -2.51. The lowest BCUT2D eigenvalue weighted by Crippen LogP contribution is -2.53. The highest BCUT2D eigenvalue weighted by Gasteiger charge is 2.51. The zero-order valence-electron chi connectivity index (χ0n) is 22.9. The zero-order chi connectivity index (χ0) is 29.8. The van der Waals surface area contributed by atoms with Gasteiger partial charge in [-0.3, -0.25) is 0 Å². The van der Waals surface area contributed by atoms with Gasteiger partial charge < -0.3 is 20.2 Å². The summed E-state index contributed by atoms with van der Waals surface area (Å²) in [4.78, 5) is 11.2. The highest BCUT2D eigenvalue weighted by Crippen LogP contribution is 2.52. The fourth-order valence-corrected chi connectivity index (χ4v) is 8.32. The Morgan fingerprint density at radius 1 is 1.12 bits per heavy atom. The first-order valence-electron chi connectivity index (χ1n) is 13.6. The number of sulfone groups is 1. The molecule has 1 saturated carbocycles. The van der Waals surface area contributed by atoms with Gasteiger partial charge in [0.05, 0.1) is 16.7 Å². The normalized spacial score (nSPS) is 24.1. The number of aliphatic hydroxyl groups is 1. The SMILES string of the molecule is Cc1cc(S(=O)(=O)C2CC3(CCN(C)CC3)C2)ccc1Nc1ncc(C(F)(F)F)c(N2CCCC(O)(C(F)F)C2)n1. The van der Waals surface area contributed by atoms with Gasteiger partial charge in [0.25, 0.3) is 6.43 Å². The lowest BCUT2D eigenvalue weighted by atomic mass is 9.63. The van der Waals surface area contributed by atoms with Crippen molar-refractivity contribution < 1.29 is 35.5 Å². The number of nitrogens with one attached hydrogen (secondary N) is 1. The fraction of sp³-hybridized carbons (Fsp3) is 0.630. The van der Waals surface area contributed by atoms with Crippen molar-refractivity contribution in [1.82, 2.24) is 14.9 Å². The highest BCUT2D eigenvalue weighted by molar-refractivity contribution is 7.92. The van der Waals surface area contributed by atoms with Crippen molar-refractivity contribution in [2.45, 2.75) is 73.8 Å². The number of hydrogen-bond donors (Lipinski definition) is 2. The van der Waals surface area contributed by atoms with Crippen LogP contribution in [-0.4, -0.2) is 78.9 Å². The average Bonchev–Trinajstić information content (AvgIpc) is 2.88. The summed E-state index contributed by atoms with van der Waals surface area (Å²) in [6.07, 6.45) is -4.34. The number of alkyl halides is 5. The van der Waals surface area contributed by atoms with Gasteiger partial charge in [0, 0.05) is 18.4 Å². The van der Waals surface area contributed by atoms with E-state index in [4.69, 9.17) is 0 Å². The Labute approximate surface area is 235 Å². The van der Waals surface area contributed by atoms with E-state index in [9.17, 15) is 35.5 Å². The number of anilines is 3. The molecule has 2 aliphatic heterocycles. The number of aryl methyl sites for hydroxylation is 1. The van der Waals surface area contributed by atoms with Crippen LogP contribution in [0.2, 0.25) is 0 Å². The van der Waals surface area contributed by atoms with Gasteiger partial charge in [-0.1, -0.05) is 0 Å². The lowest BCUT2D eigenvalue weighted by molar-refractivity contribution is -0.138. The molecule has 1 aliphatic carbocycles. The number of benzene rings is 1. The molecular weight excluding hydrogens is 569 g/mol. The van der Waals surface area contributed by atoms with Crippen LogP contribution in [0.4, 0.5) is 39.4 Å². The summed E-state index contributed by atoms with van der Waals surface area (Å²) in [6.45, 7) is 2.88. The van der Waals surface area contributed by atoms with E-state index in [1.54, 1.807) is 6.92 Å². The first-order chi connectivity index (χ1) is 19.1. The van der Waals surface area contributed by atoms with Crippen molar-refractivity contribution in [2.75, 3.05) is 43.4 Å². The van der Waals surface area contributed by atoms with Gasteiger partial charge >= 0.3 is 6.18 Å². The molecule has 0 amide bonds.